The molecule has 13 heavy (non-hydrogen) atoms. The van der Waals surface area contributed by atoms with Crippen LogP contribution in [0.5, 0.6) is 0 Å². The Morgan fingerprint density at radius 1 is 1.62 bits per heavy atom. The third-order valence-electron chi connectivity index (χ3n) is 1.36. The smallest absolute Gasteiger partial charge is 0.462 e. The fourth-order valence-corrected chi connectivity index (χ4v) is 1.58. The number of carbonyl (C=O) groups excluding carboxylic acids is 1. The molecule has 0 amide bonds. The maximum absolute atomic E-state index is 11.1. The summed E-state index contributed by atoms with van der Waals surface area (Å²) in [6, 6.07) is 3.00. The van der Waals surface area contributed by atoms with Crippen molar-refractivity contribution in [3.05, 3.63) is 17.0 Å². The lowest BCUT2D eigenvalue weighted by Crippen LogP contribution is -2.26. The standard InChI is InChI=1S/C7H9BO4S/c1-2-12-7(9)5-3-4-6(13-5)8(10)11/h3-4,10-11H,2H2,1H3. The van der Waals surface area contributed by atoms with Gasteiger partial charge < -0.3 is 14.8 Å². The number of esters is 1. The van der Waals surface area contributed by atoms with Crippen LogP contribution in [0, 0.1) is 0 Å². The van der Waals surface area contributed by atoms with Gasteiger partial charge in [0, 0.05) is 4.78 Å². The molecule has 1 heterocycles. The van der Waals surface area contributed by atoms with Crippen LogP contribution in [0.15, 0.2) is 12.1 Å². The van der Waals surface area contributed by atoms with Crippen molar-refractivity contribution in [1.29, 1.82) is 0 Å². The van der Waals surface area contributed by atoms with Crippen molar-refractivity contribution in [3.8, 4) is 0 Å². The maximum atomic E-state index is 11.1. The van der Waals surface area contributed by atoms with E-state index in [2.05, 4.69) is 0 Å². The quantitative estimate of drug-likeness (QED) is 0.514. The third-order valence-corrected chi connectivity index (χ3v) is 2.46. The van der Waals surface area contributed by atoms with Crippen molar-refractivity contribution in [2.45, 2.75) is 6.92 Å². The minimum Gasteiger partial charge on any atom is -0.462 e. The van der Waals surface area contributed by atoms with Crippen LogP contribution in [-0.4, -0.2) is 29.7 Å². The van der Waals surface area contributed by atoms with Gasteiger partial charge in [-0.05, 0) is 13.0 Å². The van der Waals surface area contributed by atoms with Crippen molar-refractivity contribution in [1.82, 2.24) is 0 Å². The second-order valence-electron chi connectivity index (χ2n) is 2.30. The first-order valence-corrected chi connectivity index (χ1v) is 4.59. The minimum absolute atomic E-state index is 0.313. The van der Waals surface area contributed by atoms with E-state index in [0.717, 1.165) is 11.3 Å². The molecule has 1 aromatic heterocycles. The average molecular weight is 200 g/mol. The molecule has 0 saturated carbocycles. The summed E-state index contributed by atoms with van der Waals surface area (Å²) in [5.74, 6) is -0.431. The van der Waals surface area contributed by atoms with Crippen LogP contribution >= 0.6 is 11.3 Å². The first-order chi connectivity index (χ1) is 6.15. The molecule has 0 bridgehead atoms. The third kappa shape index (κ3) is 2.55. The van der Waals surface area contributed by atoms with E-state index in [9.17, 15) is 4.79 Å². The van der Waals surface area contributed by atoms with Crippen LogP contribution in [0.1, 0.15) is 16.6 Å². The molecule has 0 aliphatic heterocycles. The summed E-state index contributed by atoms with van der Waals surface area (Å²) in [7, 11) is -1.52. The molecule has 0 aliphatic rings. The monoisotopic (exact) mass is 200 g/mol. The summed E-state index contributed by atoms with van der Waals surface area (Å²) in [5, 5.41) is 17.5. The van der Waals surface area contributed by atoms with Gasteiger partial charge in [-0.25, -0.2) is 4.79 Å². The Bertz CT molecular complexity index is 296. The zero-order valence-corrected chi connectivity index (χ0v) is 7.87. The molecular weight excluding hydrogens is 191 g/mol. The number of thiophene rings is 1. The Balaban J connectivity index is 2.73. The zero-order valence-electron chi connectivity index (χ0n) is 7.06. The van der Waals surface area contributed by atoms with E-state index < -0.39 is 13.1 Å². The van der Waals surface area contributed by atoms with Crippen LogP contribution in [-0.2, 0) is 4.74 Å². The molecule has 4 nitrogen and oxygen atoms in total. The van der Waals surface area contributed by atoms with Crippen LogP contribution < -0.4 is 4.78 Å². The number of carbonyl (C=O) groups is 1. The van der Waals surface area contributed by atoms with Crippen molar-refractivity contribution in [2.75, 3.05) is 6.61 Å². The van der Waals surface area contributed by atoms with Gasteiger partial charge in [-0.15, -0.1) is 11.3 Å². The van der Waals surface area contributed by atoms with Gasteiger partial charge in [-0.2, -0.15) is 0 Å². The second kappa shape index (κ2) is 4.41. The molecule has 0 atom stereocenters. The predicted octanol–water partition coefficient (Wildman–Crippen LogP) is -0.395. The van der Waals surface area contributed by atoms with Crippen molar-refractivity contribution in [2.24, 2.45) is 0 Å². The summed E-state index contributed by atoms with van der Waals surface area (Å²) >= 11 is 1.01. The van der Waals surface area contributed by atoms with E-state index in [-0.39, 0.29) is 0 Å². The molecule has 0 aliphatic carbocycles. The van der Waals surface area contributed by atoms with Gasteiger partial charge in [-0.3, -0.25) is 0 Å². The molecule has 0 spiro atoms. The van der Waals surface area contributed by atoms with Gasteiger partial charge in [0.1, 0.15) is 4.88 Å². The van der Waals surface area contributed by atoms with Crippen LogP contribution in [0.4, 0.5) is 0 Å². The van der Waals surface area contributed by atoms with Gasteiger partial charge in [0.05, 0.1) is 6.61 Å². The highest BCUT2D eigenvalue weighted by molar-refractivity contribution is 7.23. The fourth-order valence-electron chi connectivity index (χ4n) is 0.804. The Labute approximate surface area is 79.9 Å². The van der Waals surface area contributed by atoms with Crippen molar-refractivity contribution < 1.29 is 19.6 Å². The van der Waals surface area contributed by atoms with Crippen LogP contribution in [0.25, 0.3) is 0 Å². The normalized spacial score (nSPS) is 9.77. The number of hydrogen-bond donors (Lipinski definition) is 2. The maximum Gasteiger partial charge on any atom is 0.499 e. The summed E-state index contributed by atoms with van der Waals surface area (Å²) in [6.07, 6.45) is 0. The molecule has 6 heteroatoms. The predicted molar refractivity (Wildman–Crippen MR) is 50.1 cm³/mol. The van der Waals surface area contributed by atoms with Gasteiger partial charge in [-0.1, -0.05) is 6.07 Å². The molecule has 0 unspecified atom stereocenters. The molecule has 0 fully saturated rings. The molecule has 1 rings (SSSR count). The van der Waals surface area contributed by atoms with Crippen LogP contribution in [0.3, 0.4) is 0 Å². The Morgan fingerprint density at radius 3 is 2.77 bits per heavy atom. The first kappa shape index (κ1) is 10.2. The molecule has 0 radical (unpaired) electrons. The lowest BCUT2D eigenvalue weighted by molar-refractivity contribution is 0.0532. The van der Waals surface area contributed by atoms with Crippen molar-refractivity contribution in [3.63, 3.8) is 0 Å². The number of ether oxygens (including phenoxy) is 1. The number of rotatable bonds is 3. The van der Waals surface area contributed by atoms with E-state index in [1.165, 1.54) is 12.1 Å². The Morgan fingerprint density at radius 2 is 2.31 bits per heavy atom. The number of hydrogen-bond acceptors (Lipinski definition) is 5. The zero-order chi connectivity index (χ0) is 9.84. The van der Waals surface area contributed by atoms with Gasteiger partial charge in [0.15, 0.2) is 0 Å². The fraction of sp³-hybridized carbons (Fsp3) is 0.286. The molecule has 0 saturated heterocycles. The summed E-state index contributed by atoms with van der Waals surface area (Å²) < 4.78 is 5.07. The van der Waals surface area contributed by atoms with Crippen molar-refractivity contribution >= 4 is 29.2 Å². The first-order valence-electron chi connectivity index (χ1n) is 3.78. The molecule has 1 aromatic rings. The highest BCUT2D eigenvalue weighted by atomic mass is 32.1. The minimum atomic E-state index is -1.52. The molecule has 0 aromatic carbocycles. The van der Waals surface area contributed by atoms with Crippen LogP contribution in [0.2, 0.25) is 0 Å². The topological polar surface area (TPSA) is 66.8 Å². The van der Waals surface area contributed by atoms with Gasteiger partial charge in [0.25, 0.3) is 0 Å². The summed E-state index contributed by atoms with van der Waals surface area (Å²) in [4.78, 5) is 11.5. The summed E-state index contributed by atoms with van der Waals surface area (Å²) in [5.41, 5.74) is 0. The largest absolute Gasteiger partial charge is 0.499 e. The highest BCUT2D eigenvalue weighted by Gasteiger charge is 2.17. The lowest BCUT2D eigenvalue weighted by atomic mass is 9.90. The molecular formula is C7H9BO4S. The highest BCUT2D eigenvalue weighted by Crippen LogP contribution is 2.08. The average Bonchev–Trinajstić information content (AvgIpc) is 2.52. The van der Waals surface area contributed by atoms with Gasteiger partial charge >= 0.3 is 13.1 Å². The second-order valence-corrected chi connectivity index (χ2v) is 3.41. The summed E-state index contributed by atoms with van der Waals surface area (Å²) in [6.45, 7) is 2.03. The van der Waals surface area contributed by atoms with E-state index in [1.807, 2.05) is 0 Å². The Hall–Kier alpha value is -0.845. The molecule has 2 N–H and O–H groups in total. The van der Waals surface area contributed by atoms with Gasteiger partial charge in [0.2, 0.25) is 0 Å². The van der Waals surface area contributed by atoms with E-state index >= 15 is 0 Å². The van der Waals surface area contributed by atoms with E-state index in [1.54, 1.807) is 6.92 Å². The van der Waals surface area contributed by atoms with E-state index in [4.69, 9.17) is 14.8 Å². The van der Waals surface area contributed by atoms with E-state index in [0.29, 0.717) is 16.3 Å². The SMILES string of the molecule is CCOC(=O)c1ccc(B(O)O)s1. The molecule has 70 valence electrons. The Kier molecular flexibility index (Phi) is 3.47. The lowest BCUT2D eigenvalue weighted by Gasteiger charge is -1.96.